The lowest BCUT2D eigenvalue weighted by atomic mass is 10.0. The van der Waals surface area contributed by atoms with Crippen molar-refractivity contribution in [3.05, 3.63) is 74.7 Å². The molecule has 1 aromatic heterocycles. The Bertz CT molecular complexity index is 1390. The van der Waals surface area contributed by atoms with Crippen LogP contribution in [0.25, 0.3) is 5.69 Å². The van der Waals surface area contributed by atoms with Crippen LogP contribution in [0.1, 0.15) is 26.5 Å². The Morgan fingerprint density at radius 2 is 1.76 bits per heavy atom. The van der Waals surface area contributed by atoms with Crippen molar-refractivity contribution in [2.45, 2.75) is 44.2 Å². The summed E-state index contributed by atoms with van der Waals surface area (Å²) in [4.78, 5) is 23.6. The fourth-order valence-corrected chi connectivity index (χ4v) is 4.38. The third kappa shape index (κ3) is 4.82. The summed E-state index contributed by atoms with van der Waals surface area (Å²) in [7, 11) is -2.71. The van der Waals surface area contributed by atoms with Crippen molar-refractivity contribution in [1.82, 2.24) is 9.36 Å². The molecule has 0 radical (unpaired) electrons. The maximum Gasteiger partial charge on any atom is 0.296 e. The number of nitrogens with zero attached hydrogens (tertiary/aromatic N) is 3. The summed E-state index contributed by atoms with van der Waals surface area (Å²) in [5.41, 5.74) is -1.43. The summed E-state index contributed by atoms with van der Waals surface area (Å²) in [5.74, 6) is 0. The van der Waals surface area contributed by atoms with Crippen LogP contribution in [-0.4, -0.2) is 39.5 Å². The molecule has 0 saturated heterocycles. The van der Waals surface area contributed by atoms with Gasteiger partial charge in [-0.3, -0.25) is 24.3 Å². The Hall–Kier alpha value is -3.64. The molecule has 0 aliphatic heterocycles. The number of nitrogens with one attached hydrogen (secondary N) is 2. The molecular formula is C22H27N5O6S. The minimum absolute atomic E-state index is 0.0564. The van der Waals surface area contributed by atoms with E-state index in [2.05, 4.69) is 10.0 Å². The Balaban J connectivity index is 2.01. The number of aliphatic hydroxyl groups is 1. The highest BCUT2D eigenvalue weighted by atomic mass is 32.2. The number of benzene rings is 2. The van der Waals surface area contributed by atoms with Gasteiger partial charge in [-0.15, -0.1) is 0 Å². The van der Waals surface area contributed by atoms with Gasteiger partial charge in [-0.25, -0.2) is 13.1 Å². The molecule has 0 bridgehead atoms. The van der Waals surface area contributed by atoms with Crippen LogP contribution < -0.4 is 15.6 Å². The molecule has 34 heavy (non-hydrogen) atoms. The first-order valence-corrected chi connectivity index (χ1v) is 11.9. The molecule has 0 unspecified atom stereocenters. The Morgan fingerprint density at radius 3 is 2.32 bits per heavy atom. The van der Waals surface area contributed by atoms with E-state index in [1.54, 1.807) is 65.1 Å². The summed E-state index contributed by atoms with van der Waals surface area (Å²) in [6, 6.07) is 11.5. The maximum atomic E-state index is 13.1. The van der Waals surface area contributed by atoms with Crippen LogP contribution in [0.15, 0.2) is 58.2 Å². The lowest BCUT2D eigenvalue weighted by Crippen LogP contribution is -2.39. The van der Waals surface area contributed by atoms with E-state index in [0.29, 0.717) is 11.4 Å². The van der Waals surface area contributed by atoms with Crippen LogP contribution in [0.4, 0.5) is 17.1 Å². The van der Waals surface area contributed by atoms with Gasteiger partial charge in [0.15, 0.2) is 0 Å². The second-order valence-corrected chi connectivity index (χ2v) is 10.2. The molecule has 0 aliphatic rings. The average molecular weight is 490 g/mol. The van der Waals surface area contributed by atoms with Gasteiger partial charge in [0.1, 0.15) is 11.4 Å². The number of nitro benzene ring substituents is 1. The van der Waals surface area contributed by atoms with E-state index in [9.17, 15) is 28.4 Å². The number of para-hydroxylation sites is 1. The fraction of sp³-hybridized carbons (Fsp3) is 0.318. The molecule has 2 aromatic carbocycles. The van der Waals surface area contributed by atoms with Gasteiger partial charge in [-0.2, -0.15) is 0 Å². The van der Waals surface area contributed by atoms with Crippen molar-refractivity contribution in [1.29, 1.82) is 0 Å². The van der Waals surface area contributed by atoms with Gasteiger partial charge < -0.3 is 10.4 Å². The van der Waals surface area contributed by atoms with E-state index in [-0.39, 0.29) is 16.3 Å². The molecule has 3 N–H and O–H groups in total. The minimum atomic E-state index is -4.33. The van der Waals surface area contributed by atoms with Gasteiger partial charge in [0.2, 0.25) is 0 Å². The summed E-state index contributed by atoms with van der Waals surface area (Å²) in [6.07, 6.45) is 0. The van der Waals surface area contributed by atoms with E-state index in [1.165, 1.54) is 21.5 Å². The maximum absolute atomic E-state index is 13.1. The van der Waals surface area contributed by atoms with Crippen LogP contribution in [0.5, 0.6) is 0 Å². The standard InChI is InChI=1S/C22H27N5O6S/c1-14-20(21(28)26(25(14)5)16-9-7-6-8-10-16)24-34(32,33)17-11-12-18(19(13-17)27(30)31)23-15(2)22(3,4)29/h6-13,15,23-24,29H,1-5H3/t15-/m1/s1. The average Bonchev–Trinajstić information content (AvgIpc) is 2.96. The summed E-state index contributed by atoms with van der Waals surface area (Å²) < 4.78 is 31.3. The largest absolute Gasteiger partial charge is 0.388 e. The number of rotatable bonds is 8. The van der Waals surface area contributed by atoms with Crippen molar-refractivity contribution in [3.63, 3.8) is 0 Å². The van der Waals surface area contributed by atoms with Crippen molar-refractivity contribution < 1.29 is 18.4 Å². The SMILES string of the molecule is Cc1c(NS(=O)(=O)c2ccc(N[C@H](C)C(C)(C)O)c([N+](=O)[O-])c2)c(=O)n(-c2ccccc2)n1C. The Morgan fingerprint density at radius 1 is 1.15 bits per heavy atom. The normalized spacial score (nSPS) is 12.9. The van der Waals surface area contributed by atoms with Gasteiger partial charge in [-0.05, 0) is 52.0 Å². The molecule has 182 valence electrons. The van der Waals surface area contributed by atoms with Crippen molar-refractivity contribution in [2.75, 3.05) is 10.0 Å². The predicted molar refractivity (Wildman–Crippen MR) is 129 cm³/mol. The van der Waals surface area contributed by atoms with Gasteiger partial charge in [0, 0.05) is 13.1 Å². The first-order chi connectivity index (χ1) is 15.7. The molecule has 0 saturated carbocycles. The Kier molecular flexibility index (Phi) is 6.58. The van der Waals surface area contributed by atoms with Gasteiger partial charge in [0.05, 0.1) is 32.8 Å². The number of aromatic nitrogens is 2. The molecule has 0 aliphatic carbocycles. The topological polar surface area (TPSA) is 149 Å². The molecule has 11 nitrogen and oxygen atoms in total. The van der Waals surface area contributed by atoms with Crippen molar-refractivity contribution in [3.8, 4) is 5.69 Å². The van der Waals surface area contributed by atoms with Gasteiger partial charge in [-0.1, -0.05) is 18.2 Å². The van der Waals surface area contributed by atoms with E-state index >= 15 is 0 Å². The molecule has 0 fully saturated rings. The number of hydrogen-bond acceptors (Lipinski definition) is 7. The fourth-order valence-electron chi connectivity index (χ4n) is 3.24. The molecule has 1 heterocycles. The van der Waals surface area contributed by atoms with Crippen LogP contribution >= 0.6 is 0 Å². The zero-order valence-corrected chi connectivity index (χ0v) is 20.3. The van der Waals surface area contributed by atoms with Crippen molar-refractivity contribution in [2.24, 2.45) is 7.05 Å². The van der Waals surface area contributed by atoms with Crippen LogP contribution in [-0.2, 0) is 17.1 Å². The zero-order chi connectivity index (χ0) is 25.4. The minimum Gasteiger partial charge on any atom is -0.388 e. The smallest absolute Gasteiger partial charge is 0.296 e. The molecule has 0 amide bonds. The Labute approximate surface area is 196 Å². The molecule has 1 atom stereocenters. The predicted octanol–water partition coefficient (Wildman–Crippen LogP) is 2.76. The first-order valence-electron chi connectivity index (χ1n) is 10.4. The van der Waals surface area contributed by atoms with E-state index in [4.69, 9.17) is 0 Å². The highest BCUT2D eigenvalue weighted by molar-refractivity contribution is 7.92. The second kappa shape index (κ2) is 8.95. The van der Waals surface area contributed by atoms with Crippen LogP contribution in [0, 0.1) is 17.0 Å². The van der Waals surface area contributed by atoms with Crippen LogP contribution in [0.3, 0.4) is 0 Å². The molecule has 3 aromatic rings. The number of nitro groups is 1. The summed E-state index contributed by atoms with van der Waals surface area (Å²) in [5, 5.41) is 24.6. The third-order valence-electron chi connectivity index (χ3n) is 5.70. The van der Waals surface area contributed by atoms with Gasteiger partial charge >= 0.3 is 0 Å². The molecule has 0 spiro atoms. The van der Waals surface area contributed by atoms with E-state index < -0.39 is 37.8 Å². The molecule has 3 rings (SSSR count). The number of sulfonamides is 1. The highest BCUT2D eigenvalue weighted by Crippen LogP contribution is 2.30. The molecule has 12 heteroatoms. The summed E-state index contributed by atoms with van der Waals surface area (Å²) >= 11 is 0. The lowest BCUT2D eigenvalue weighted by Gasteiger charge is -2.27. The number of anilines is 2. The summed E-state index contributed by atoms with van der Waals surface area (Å²) in [6.45, 7) is 6.32. The highest BCUT2D eigenvalue weighted by Gasteiger charge is 2.28. The first kappa shape index (κ1) is 25.0. The zero-order valence-electron chi connectivity index (χ0n) is 19.4. The quantitative estimate of drug-likeness (QED) is 0.325. The van der Waals surface area contributed by atoms with Crippen molar-refractivity contribution >= 4 is 27.1 Å². The third-order valence-corrected chi connectivity index (χ3v) is 7.05. The van der Waals surface area contributed by atoms with E-state index in [0.717, 1.165) is 6.07 Å². The van der Waals surface area contributed by atoms with E-state index in [1.807, 2.05) is 0 Å². The van der Waals surface area contributed by atoms with Gasteiger partial charge in [0.25, 0.3) is 21.3 Å². The number of hydrogen-bond donors (Lipinski definition) is 3. The molecular weight excluding hydrogens is 462 g/mol. The van der Waals surface area contributed by atoms with Crippen LogP contribution in [0.2, 0.25) is 0 Å². The lowest BCUT2D eigenvalue weighted by molar-refractivity contribution is -0.384. The monoisotopic (exact) mass is 489 g/mol. The second-order valence-electron chi connectivity index (χ2n) is 8.50.